The van der Waals surface area contributed by atoms with E-state index in [2.05, 4.69) is 41.1 Å². The zero-order valence-electron chi connectivity index (χ0n) is 14.8. The lowest BCUT2D eigenvalue weighted by Crippen LogP contribution is -2.35. The summed E-state index contributed by atoms with van der Waals surface area (Å²) in [5, 5.41) is 0. The first-order chi connectivity index (χ1) is 12.6. The van der Waals surface area contributed by atoms with Gasteiger partial charge in [-0.3, -0.25) is 9.69 Å². The highest BCUT2D eigenvalue weighted by molar-refractivity contribution is 5.58. The van der Waals surface area contributed by atoms with Crippen molar-refractivity contribution in [1.82, 2.24) is 14.9 Å². The number of nitrogens with two attached hydrogens (primary N) is 1. The lowest BCUT2D eigenvalue weighted by Gasteiger charge is -2.27. The van der Waals surface area contributed by atoms with Gasteiger partial charge in [-0.1, -0.05) is 29.8 Å². The molecular weight excluding hydrogens is 324 g/mol. The van der Waals surface area contributed by atoms with Gasteiger partial charge < -0.3 is 10.7 Å². The number of hydrogen-bond donors (Lipinski definition) is 2. The number of aromatic amines is 1. The standard InChI is InChI=1S/C21H22N4O/c1-14-2-4-15(5-3-14)12-25-11-10-18-19(13-25)23-20(24-21(18)26)16-6-8-17(22)9-7-16/h2-9H,10-13,22H2,1H3,(H,23,24,26). The molecule has 0 aliphatic carbocycles. The summed E-state index contributed by atoms with van der Waals surface area (Å²) in [6.45, 7) is 4.52. The van der Waals surface area contributed by atoms with Crippen LogP contribution in [0.15, 0.2) is 53.3 Å². The summed E-state index contributed by atoms with van der Waals surface area (Å²) in [5.41, 5.74) is 11.5. The number of fused-ring (bicyclic) bond motifs is 1. The molecule has 5 heteroatoms. The van der Waals surface area contributed by atoms with E-state index in [0.29, 0.717) is 18.1 Å². The van der Waals surface area contributed by atoms with Gasteiger partial charge in [0.15, 0.2) is 0 Å². The Morgan fingerprint density at radius 2 is 1.85 bits per heavy atom. The second-order valence-electron chi connectivity index (χ2n) is 6.91. The number of rotatable bonds is 3. The highest BCUT2D eigenvalue weighted by Crippen LogP contribution is 2.21. The largest absolute Gasteiger partial charge is 0.399 e. The summed E-state index contributed by atoms with van der Waals surface area (Å²) >= 11 is 0. The summed E-state index contributed by atoms with van der Waals surface area (Å²) in [6, 6.07) is 16.0. The molecule has 0 spiro atoms. The predicted octanol–water partition coefficient (Wildman–Crippen LogP) is 2.89. The van der Waals surface area contributed by atoms with Gasteiger partial charge in [0.25, 0.3) is 5.56 Å². The van der Waals surface area contributed by atoms with E-state index in [1.54, 1.807) is 0 Å². The van der Waals surface area contributed by atoms with Crippen molar-refractivity contribution in [3.05, 3.63) is 81.3 Å². The van der Waals surface area contributed by atoms with Gasteiger partial charge in [0.05, 0.1) is 5.69 Å². The average Bonchev–Trinajstić information content (AvgIpc) is 2.64. The number of hydrogen-bond acceptors (Lipinski definition) is 4. The molecule has 0 saturated carbocycles. The third-order valence-corrected chi connectivity index (χ3v) is 4.86. The maximum Gasteiger partial charge on any atom is 0.254 e. The zero-order chi connectivity index (χ0) is 18.1. The van der Waals surface area contributed by atoms with Crippen LogP contribution in [0.3, 0.4) is 0 Å². The number of nitrogen functional groups attached to an aromatic ring is 1. The average molecular weight is 346 g/mol. The second-order valence-corrected chi connectivity index (χ2v) is 6.91. The molecule has 0 bridgehead atoms. The van der Waals surface area contributed by atoms with Crippen LogP contribution in [0.1, 0.15) is 22.4 Å². The molecule has 2 heterocycles. The molecule has 2 aromatic carbocycles. The van der Waals surface area contributed by atoms with Crippen molar-refractivity contribution < 1.29 is 0 Å². The first-order valence-corrected chi connectivity index (χ1v) is 8.84. The van der Waals surface area contributed by atoms with Gasteiger partial charge in [-0.05, 0) is 43.2 Å². The molecule has 0 fully saturated rings. The minimum absolute atomic E-state index is 0.0307. The number of benzene rings is 2. The third kappa shape index (κ3) is 3.39. The molecule has 5 nitrogen and oxygen atoms in total. The topological polar surface area (TPSA) is 75.0 Å². The Hall–Kier alpha value is -2.92. The summed E-state index contributed by atoms with van der Waals surface area (Å²) in [5.74, 6) is 0.603. The number of aryl methyl sites for hydroxylation is 1. The van der Waals surface area contributed by atoms with Crippen LogP contribution in [0.5, 0.6) is 0 Å². The van der Waals surface area contributed by atoms with Crippen molar-refractivity contribution >= 4 is 5.69 Å². The molecule has 0 atom stereocenters. The predicted molar refractivity (Wildman–Crippen MR) is 104 cm³/mol. The Morgan fingerprint density at radius 1 is 1.12 bits per heavy atom. The van der Waals surface area contributed by atoms with Gasteiger partial charge in [0.1, 0.15) is 5.82 Å². The van der Waals surface area contributed by atoms with Gasteiger partial charge >= 0.3 is 0 Å². The van der Waals surface area contributed by atoms with Crippen LogP contribution < -0.4 is 11.3 Å². The summed E-state index contributed by atoms with van der Waals surface area (Å²) in [7, 11) is 0. The molecule has 1 aliphatic heterocycles. The van der Waals surface area contributed by atoms with E-state index in [1.165, 1.54) is 11.1 Å². The van der Waals surface area contributed by atoms with Crippen LogP contribution >= 0.6 is 0 Å². The first kappa shape index (κ1) is 16.5. The molecule has 3 N–H and O–H groups in total. The SMILES string of the molecule is Cc1ccc(CN2CCc3c(nc(-c4ccc(N)cc4)[nH]c3=O)C2)cc1. The molecule has 0 saturated heterocycles. The maximum atomic E-state index is 12.5. The van der Waals surface area contributed by atoms with Gasteiger partial charge in [0.2, 0.25) is 0 Å². The van der Waals surface area contributed by atoms with E-state index in [9.17, 15) is 4.79 Å². The van der Waals surface area contributed by atoms with E-state index >= 15 is 0 Å². The summed E-state index contributed by atoms with van der Waals surface area (Å²) < 4.78 is 0. The van der Waals surface area contributed by atoms with Crippen molar-refractivity contribution in [1.29, 1.82) is 0 Å². The molecule has 132 valence electrons. The quantitative estimate of drug-likeness (QED) is 0.715. The molecule has 1 aliphatic rings. The van der Waals surface area contributed by atoms with Gasteiger partial charge in [-0.2, -0.15) is 0 Å². The van der Waals surface area contributed by atoms with Gasteiger partial charge in [0, 0.05) is 36.4 Å². The van der Waals surface area contributed by atoms with Gasteiger partial charge in [-0.25, -0.2) is 4.98 Å². The number of aromatic nitrogens is 2. The number of nitrogens with one attached hydrogen (secondary N) is 1. The van der Waals surface area contributed by atoms with Crippen LogP contribution in [-0.4, -0.2) is 21.4 Å². The van der Waals surface area contributed by atoms with Crippen LogP contribution in [0, 0.1) is 6.92 Å². The molecule has 4 rings (SSSR count). The minimum Gasteiger partial charge on any atom is -0.399 e. The van der Waals surface area contributed by atoms with Crippen LogP contribution in [0.4, 0.5) is 5.69 Å². The number of H-pyrrole nitrogens is 1. The fourth-order valence-electron chi connectivity index (χ4n) is 3.36. The lowest BCUT2D eigenvalue weighted by atomic mass is 10.0. The van der Waals surface area contributed by atoms with Crippen molar-refractivity contribution in [2.75, 3.05) is 12.3 Å². The van der Waals surface area contributed by atoms with Crippen molar-refractivity contribution in [2.24, 2.45) is 0 Å². The Balaban J connectivity index is 1.60. The number of nitrogens with zero attached hydrogens (tertiary/aromatic N) is 2. The molecule has 1 aromatic heterocycles. The fourth-order valence-corrected chi connectivity index (χ4v) is 3.36. The Labute approximate surface area is 152 Å². The van der Waals surface area contributed by atoms with Crippen molar-refractivity contribution in [3.8, 4) is 11.4 Å². The molecule has 26 heavy (non-hydrogen) atoms. The van der Waals surface area contributed by atoms with E-state index in [1.807, 2.05) is 24.3 Å². The van der Waals surface area contributed by atoms with Crippen LogP contribution in [-0.2, 0) is 19.5 Å². The molecule has 0 amide bonds. The molecule has 0 unspecified atom stereocenters. The van der Waals surface area contributed by atoms with E-state index in [-0.39, 0.29) is 5.56 Å². The fraction of sp³-hybridized carbons (Fsp3) is 0.238. The van der Waals surface area contributed by atoms with Crippen molar-refractivity contribution in [3.63, 3.8) is 0 Å². The Kier molecular flexibility index (Phi) is 4.31. The second kappa shape index (κ2) is 6.77. The molecular formula is C21H22N4O. The first-order valence-electron chi connectivity index (χ1n) is 8.84. The third-order valence-electron chi connectivity index (χ3n) is 4.86. The Morgan fingerprint density at radius 3 is 2.58 bits per heavy atom. The van der Waals surface area contributed by atoms with E-state index < -0.39 is 0 Å². The lowest BCUT2D eigenvalue weighted by molar-refractivity contribution is 0.240. The normalized spacial score (nSPS) is 14.2. The van der Waals surface area contributed by atoms with Crippen LogP contribution in [0.25, 0.3) is 11.4 Å². The van der Waals surface area contributed by atoms with E-state index in [4.69, 9.17) is 10.7 Å². The molecule has 3 aromatic rings. The van der Waals surface area contributed by atoms with E-state index in [0.717, 1.165) is 36.3 Å². The summed E-state index contributed by atoms with van der Waals surface area (Å²) in [4.78, 5) is 22.5. The highest BCUT2D eigenvalue weighted by atomic mass is 16.1. The maximum absolute atomic E-state index is 12.5. The highest BCUT2D eigenvalue weighted by Gasteiger charge is 2.21. The van der Waals surface area contributed by atoms with Crippen LogP contribution in [0.2, 0.25) is 0 Å². The number of anilines is 1. The zero-order valence-corrected chi connectivity index (χ0v) is 14.8. The smallest absolute Gasteiger partial charge is 0.254 e. The summed E-state index contributed by atoms with van der Waals surface area (Å²) in [6.07, 6.45) is 0.728. The van der Waals surface area contributed by atoms with Gasteiger partial charge in [-0.15, -0.1) is 0 Å². The van der Waals surface area contributed by atoms with Crippen molar-refractivity contribution in [2.45, 2.75) is 26.4 Å². The molecule has 0 radical (unpaired) electrons. The minimum atomic E-state index is -0.0307. The monoisotopic (exact) mass is 346 g/mol. The Bertz CT molecular complexity index is 974.